The number of benzene rings is 2. The van der Waals surface area contributed by atoms with Gasteiger partial charge >= 0.3 is 0 Å². The first-order chi connectivity index (χ1) is 9.94. The summed E-state index contributed by atoms with van der Waals surface area (Å²) >= 11 is 6.06. The highest BCUT2D eigenvalue weighted by molar-refractivity contribution is 7.89. The average Bonchev–Trinajstić information content (AvgIpc) is 2.47. The molecular formula is C15H13ClN2O2S. The first kappa shape index (κ1) is 15.5. The fraction of sp³-hybridized carbons (Fsp3) is 0.133. The van der Waals surface area contributed by atoms with Crippen molar-refractivity contribution in [3.05, 3.63) is 64.7 Å². The number of rotatable bonds is 4. The molecule has 21 heavy (non-hydrogen) atoms. The Morgan fingerprint density at radius 1 is 1.14 bits per heavy atom. The zero-order valence-electron chi connectivity index (χ0n) is 11.2. The predicted octanol–water partition coefficient (Wildman–Crippen LogP) is 3.25. The van der Waals surface area contributed by atoms with Gasteiger partial charge in [0.1, 0.15) is 0 Å². The summed E-state index contributed by atoms with van der Waals surface area (Å²) in [5, 5.41) is 9.23. The van der Waals surface area contributed by atoms with Gasteiger partial charge in [0, 0.05) is 11.1 Å². The number of halogens is 1. The fourth-order valence-corrected chi connectivity index (χ4v) is 3.42. The number of nitrogens with one attached hydrogen (secondary N) is 1. The van der Waals surface area contributed by atoms with E-state index in [-0.39, 0.29) is 4.90 Å². The smallest absolute Gasteiger partial charge is 0.207 e. The second kappa shape index (κ2) is 6.27. The molecule has 108 valence electrons. The van der Waals surface area contributed by atoms with Gasteiger partial charge in [-0.25, -0.2) is 13.1 Å². The van der Waals surface area contributed by atoms with Crippen LogP contribution in [-0.2, 0) is 10.0 Å². The van der Waals surface area contributed by atoms with Gasteiger partial charge in [0.2, 0.25) is 10.0 Å². The van der Waals surface area contributed by atoms with Crippen LogP contribution in [0.3, 0.4) is 0 Å². The minimum Gasteiger partial charge on any atom is -0.207 e. The fourth-order valence-electron chi connectivity index (χ4n) is 1.90. The van der Waals surface area contributed by atoms with E-state index >= 15 is 0 Å². The molecule has 0 aliphatic rings. The van der Waals surface area contributed by atoms with Gasteiger partial charge in [-0.05, 0) is 42.8 Å². The Hall–Kier alpha value is -1.87. The molecular weight excluding hydrogens is 308 g/mol. The molecule has 0 radical (unpaired) electrons. The number of nitriles is 1. The van der Waals surface area contributed by atoms with Crippen molar-refractivity contribution in [2.45, 2.75) is 17.9 Å². The van der Waals surface area contributed by atoms with Crippen LogP contribution >= 0.6 is 11.6 Å². The SMILES string of the molecule is CC(NS(=O)(=O)c1ccc(C#N)cc1)c1ccccc1Cl. The largest absolute Gasteiger partial charge is 0.241 e. The third-order valence-electron chi connectivity index (χ3n) is 3.00. The first-order valence-electron chi connectivity index (χ1n) is 6.21. The third kappa shape index (κ3) is 3.61. The van der Waals surface area contributed by atoms with Crippen molar-refractivity contribution >= 4 is 21.6 Å². The minimum atomic E-state index is -3.67. The van der Waals surface area contributed by atoms with Gasteiger partial charge in [-0.2, -0.15) is 5.26 Å². The summed E-state index contributed by atoms with van der Waals surface area (Å²) in [6.45, 7) is 1.72. The predicted molar refractivity (Wildman–Crippen MR) is 81.3 cm³/mol. The monoisotopic (exact) mass is 320 g/mol. The summed E-state index contributed by atoms with van der Waals surface area (Å²) in [5.74, 6) is 0. The van der Waals surface area contributed by atoms with Crippen molar-refractivity contribution in [3.8, 4) is 6.07 Å². The lowest BCUT2D eigenvalue weighted by Crippen LogP contribution is -2.27. The Kier molecular flexibility index (Phi) is 4.63. The molecule has 0 fully saturated rings. The van der Waals surface area contributed by atoms with Crippen LogP contribution in [-0.4, -0.2) is 8.42 Å². The van der Waals surface area contributed by atoms with Crippen LogP contribution < -0.4 is 4.72 Å². The summed E-state index contributed by atoms with van der Waals surface area (Å²) < 4.78 is 27.2. The van der Waals surface area contributed by atoms with Crippen LogP contribution in [0.1, 0.15) is 24.1 Å². The maximum atomic E-state index is 12.3. The van der Waals surface area contributed by atoms with E-state index in [0.717, 1.165) is 0 Å². The maximum Gasteiger partial charge on any atom is 0.241 e. The minimum absolute atomic E-state index is 0.111. The molecule has 1 N–H and O–H groups in total. The van der Waals surface area contributed by atoms with E-state index in [9.17, 15) is 8.42 Å². The van der Waals surface area contributed by atoms with E-state index in [1.54, 1.807) is 31.2 Å². The van der Waals surface area contributed by atoms with E-state index < -0.39 is 16.1 Å². The highest BCUT2D eigenvalue weighted by Crippen LogP contribution is 2.24. The second-order valence-corrected chi connectivity index (χ2v) is 6.62. The van der Waals surface area contributed by atoms with Gasteiger partial charge < -0.3 is 0 Å². The Morgan fingerprint density at radius 2 is 1.76 bits per heavy atom. The summed E-state index contributed by atoms with van der Waals surface area (Å²) in [6, 6.07) is 14.3. The van der Waals surface area contributed by atoms with Gasteiger partial charge in [-0.15, -0.1) is 0 Å². The summed E-state index contributed by atoms with van der Waals surface area (Å²) in [7, 11) is -3.67. The summed E-state index contributed by atoms with van der Waals surface area (Å²) in [6.07, 6.45) is 0. The Balaban J connectivity index is 2.25. The molecule has 2 rings (SSSR count). The van der Waals surface area contributed by atoms with Crippen LogP contribution in [0.5, 0.6) is 0 Å². The van der Waals surface area contributed by atoms with Crippen LogP contribution in [0, 0.1) is 11.3 Å². The number of hydrogen-bond donors (Lipinski definition) is 1. The zero-order valence-corrected chi connectivity index (χ0v) is 12.8. The quantitative estimate of drug-likeness (QED) is 0.940. The van der Waals surface area contributed by atoms with Crippen molar-refractivity contribution in [1.82, 2.24) is 4.72 Å². The Labute approximate surface area is 129 Å². The van der Waals surface area contributed by atoms with Gasteiger partial charge in [0.15, 0.2) is 0 Å². The van der Waals surface area contributed by atoms with E-state index in [4.69, 9.17) is 16.9 Å². The molecule has 0 bridgehead atoms. The van der Waals surface area contributed by atoms with Crippen LogP contribution in [0.2, 0.25) is 5.02 Å². The summed E-state index contributed by atoms with van der Waals surface area (Å²) in [4.78, 5) is 0.111. The van der Waals surface area contributed by atoms with Crippen molar-refractivity contribution in [1.29, 1.82) is 5.26 Å². The molecule has 6 heteroatoms. The lowest BCUT2D eigenvalue weighted by Gasteiger charge is -2.16. The molecule has 0 aromatic heterocycles. The van der Waals surface area contributed by atoms with Gasteiger partial charge in [0.05, 0.1) is 16.5 Å². The molecule has 1 atom stereocenters. The van der Waals surface area contributed by atoms with Crippen molar-refractivity contribution in [3.63, 3.8) is 0 Å². The first-order valence-corrected chi connectivity index (χ1v) is 8.07. The van der Waals surface area contributed by atoms with E-state index in [1.807, 2.05) is 6.07 Å². The highest BCUT2D eigenvalue weighted by atomic mass is 35.5. The lowest BCUT2D eigenvalue weighted by atomic mass is 10.1. The molecule has 0 heterocycles. The molecule has 0 aliphatic heterocycles. The number of nitrogens with zero attached hydrogens (tertiary/aromatic N) is 1. The normalized spacial score (nSPS) is 12.6. The summed E-state index contributed by atoms with van der Waals surface area (Å²) in [5.41, 5.74) is 1.12. The molecule has 4 nitrogen and oxygen atoms in total. The van der Waals surface area contributed by atoms with E-state index in [1.165, 1.54) is 24.3 Å². The Bertz CT molecular complexity index is 780. The standard InChI is InChI=1S/C15H13ClN2O2S/c1-11(14-4-2-3-5-15(14)16)18-21(19,20)13-8-6-12(10-17)7-9-13/h2-9,11,18H,1H3. The van der Waals surface area contributed by atoms with Crippen LogP contribution in [0.15, 0.2) is 53.4 Å². The molecule has 0 aliphatic carbocycles. The van der Waals surface area contributed by atoms with Crippen molar-refractivity contribution in [2.24, 2.45) is 0 Å². The van der Waals surface area contributed by atoms with Crippen molar-refractivity contribution in [2.75, 3.05) is 0 Å². The topological polar surface area (TPSA) is 70.0 Å². The highest BCUT2D eigenvalue weighted by Gasteiger charge is 2.19. The molecule has 2 aromatic carbocycles. The molecule has 0 saturated carbocycles. The lowest BCUT2D eigenvalue weighted by molar-refractivity contribution is 0.567. The molecule has 0 saturated heterocycles. The van der Waals surface area contributed by atoms with E-state index in [0.29, 0.717) is 16.1 Å². The Morgan fingerprint density at radius 3 is 2.33 bits per heavy atom. The van der Waals surface area contributed by atoms with E-state index in [2.05, 4.69) is 4.72 Å². The number of sulfonamides is 1. The van der Waals surface area contributed by atoms with Crippen molar-refractivity contribution < 1.29 is 8.42 Å². The maximum absolute atomic E-state index is 12.3. The molecule has 0 amide bonds. The third-order valence-corrected chi connectivity index (χ3v) is 4.90. The average molecular weight is 321 g/mol. The zero-order chi connectivity index (χ0) is 15.5. The van der Waals surface area contributed by atoms with Gasteiger partial charge in [-0.3, -0.25) is 0 Å². The van der Waals surface area contributed by atoms with Gasteiger partial charge in [0.25, 0.3) is 0 Å². The van der Waals surface area contributed by atoms with Gasteiger partial charge in [-0.1, -0.05) is 29.8 Å². The molecule has 2 aromatic rings. The van der Waals surface area contributed by atoms with Crippen LogP contribution in [0.4, 0.5) is 0 Å². The second-order valence-electron chi connectivity index (χ2n) is 4.50. The molecule has 0 spiro atoms. The molecule has 1 unspecified atom stereocenters. The number of hydrogen-bond acceptors (Lipinski definition) is 3. The van der Waals surface area contributed by atoms with Crippen LogP contribution in [0.25, 0.3) is 0 Å².